The highest BCUT2D eigenvalue weighted by atomic mass is 32.2. The average molecular weight is 184 g/mol. The summed E-state index contributed by atoms with van der Waals surface area (Å²) in [5, 5.41) is 16.7. The van der Waals surface area contributed by atoms with Gasteiger partial charge in [0.05, 0.1) is 0 Å². The number of hydrogen-bond donors (Lipinski definition) is 3. The average Bonchev–Trinajstić information content (AvgIpc) is 1.82. The Morgan fingerprint density at radius 3 is 2.18 bits per heavy atom. The van der Waals surface area contributed by atoms with Gasteiger partial charge in [-0.25, -0.2) is 0 Å². The lowest BCUT2D eigenvalue weighted by molar-refractivity contribution is -0.128. The number of carbonyl (C=O) groups is 1. The van der Waals surface area contributed by atoms with Crippen molar-refractivity contribution in [1.82, 2.24) is 0 Å². The first-order chi connectivity index (χ1) is 4.87. The topological polar surface area (TPSA) is 112 Å². The molecule has 0 unspecified atom stereocenters. The minimum absolute atomic E-state index is 0.948. The van der Waals surface area contributed by atoms with Gasteiger partial charge in [0.1, 0.15) is 18.5 Å². The first kappa shape index (κ1) is 10.5. The second-order valence-electron chi connectivity index (χ2n) is 1.89. The lowest BCUT2D eigenvalue weighted by Gasteiger charge is -2.03. The molecule has 0 amide bonds. The molecule has 0 saturated heterocycles. The van der Waals surface area contributed by atoms with Crippen molar-refractivity contribution in [1.29, 1.82) is 0 Å². The molecule has 0 aliphatic carbocycles. The van der Waals surface area contributed by atoms with Gasteiger partial charge in [-0.05, 0) is 0 Å². The second kappa shape index (κ2) is 3.77. The highest BCUT2D eigenvalue weighted by Crippen LogP contribution is 1.91. The highest BCUT2D eigenvalue weighted by Gasteiger charge is 2.20. The third-order valence-corrected chi connectivity index (χ3v) is 1.63. The van der Waals surface area contributed by atoms with Crippen molar-refractivity contribution in [3.63, 3.8) is 0 Å². The fraction of sp³-hybridized carbons (Fsp3) is 0.750. The predicted octanol–water partition coefficient (Wildman–Crippen LogP) is -2.20. The zero-order valence-electron chi connectivity index (χ0n) is 5.47. The van der Waals surface area contributed by atoms with Crippen molar-refractivity contribution in [2.45, 2.75) is 6.10 Å². The van der Waals surface area contributed by atoms with Gasteiger partial charge < -0.3 is 10.2 Å². The summed E-state index contributed by atoms with van der Waals surface area (Å²) in [6, 6.07) is 0. The van der Waals surface area contributed by atoms with E-state index in [1.165, 1.54) is 0 Å². The molecule has 11 heavy (non-hydrogen) atoms. The molecule has 0 aromatic carbocycles. The van der Waals surface area contributed by atoms with Crippen molar-refractivity contribution < 1.29 is 28.0 Å². The van der Waals surface area contributed by atoms with Gasteiger partial charge in [0, 0.05) is 0 Å². The Bertz CT molecular complexity index is 229. The Labute approximate surface area is 63.2 Å². The molecule has 66 valence electrons. The van der Waals surface area contributed by atoms with E-state index < -0.39 is 34.4 Å². The van der Waals surface area contributed by atoms with Crippen LogP contribution in [0.15, 0.2) is 0 Å². The van der Waals surface area contributed by atoms with Crippen LogP contribution >= 0.6 is 0 Å². The molecule has 0 aliphatic heterocycles. The summed E-state index contributed by atoms with van der Waals surface area (Å²) < 4.78 is 28.2. The van der Waals surface area contributed by atoms with Crippen molar-refractivity contribution in [2.24, 2.45) is 0 Å². The van der Waals surface area contributed by atoms with E-state index >= 15 is 0 Å². The van der Waals surface area contributed by atoms with Crippen LogP contribution < -0.4 is 0 Å². The molecule has 0 saturated carbocycles. The fourth-order valence-electron chi connectivity index (χ4n) is 0.398. The van der Waals surface area contributed by atoms with E-state index in [1.54, 1.807) is 0 Å². The van der Waals surface area contributed by atoms with E-state index in [9.17, 15) is 13.2 Å². The van der Waals surface area contributed by atoms with Crippen LogP contribution in [0, 0.1) is 0 Å². The van der Waals surface area contributed by atoms with Gasteiger partial charge in [-0.2, -0.15) is 8.42 Å². The molecule has 0 spiro atoms. The Morgan fingerprint density at radius 1 is 1.45 bits per heavy atom. The highest BCUT2D eigenvalue weighted by molar-refractivity contribution is 7.85. The fourth-order valence-corrected chi connectivity index (χ4v) is 0.983. The summed E-state index contributed by atoms with van der Waals surface area (Å²) in [5.74, 6) is -2.12. The largest absolute Gasteiger partial charge is 0.388 e. The van der Waals surface area contributed by atoms with E-state index in [1.807, 2.05) is 0 Å². The number of rotatable bonds is 4. The normalized spacial score (nSPS) is 14.5. The lowest BCUT2D eigenvalue weighted by atomic mass is 10.3. The molecule has 1 atom stereocenters. The number of Topliss-reactive ketones (excluding diaryl/α,β-unsaturated/α-hetero) is 1. The van der Waals surface area contributed by atoms with Gasteiger partial charge in [-0.1, -0.05) is 0 Å². The Balaban J connectivity index is 4.09. The van der Waals surface area contributed by atoms with Gasteiger partial charge in [0.15, 0.2) is 5.78 Å². The number of carbonyl (C=O) groups excluding carboxylic acids is 1. The molecule has 0 radical (unpaired) electrons. The molecule has 0 rings (SSSR count). The number of hydrogen-bond acceptors (Lipinski definition) is 5. The third kappa shape index (κ3) is 4.85. The van der Waals surface area contributed by atoms with Gasteiger partial charge >= 0.3 is 0 Å². The van der Waals surface area contributed by atoms with Crippen LogP contribution in [-0.2, 0) is 14.9 Å². The monoisotopic (exact) mass is 184 g/mol. The SMILES string of the molecule is O=C(CO)[C@H](O)CS(=O)(=O)O. The zero-order chi connectivity index (χ0) is 9.07. The standard InChI is InChI=1S/C4H8O6S/c5-1-3(6)4(7)2-11(8,9)10/h4-5,7H,1-2H2,(H,8,9,10)/t4-/m1/s1. The molecule has 0 aromatic heterocycles. The molecule has 0 fully saturated rings. The molecule has 0 aromatic rings. The molecule has 3 N–H and O–H groups in total. The zero-order valence-corrected chi connectivity index (χ0v) is 6.28. The van der Waals surface area contributed by atoms with E-state index in [0.717, 1.165) is 0 Å². The number of aliphatic hydroxyl groups is 2. The summed E-state index contributed by atoms with van der Waals surface area (Å²) in [6.45, 7) is -0.948. The van der Waals surface area contributed by atoms with Gasteiger partial charge in [0.2, 0.25) is 0 Å². The predicted molar refractivity (Wildman–Crippen MR) is 34.5 cm³/mol. The van der Waals surface area contributed by atoms with Crippen LogP contribution in [0.3, 0.4) is 0 Å². The van der Waals surface area contributed by atoms with E-state index in [0.29, 0.717) is 0 Å². The van der Waals surface area contributed by atoms with Crippen molar-refractivity contribution >= 4 is 15.9 Å². The molecular formula is C4H8O6S. The molecule has 7 heteroatoms. The maximum atomic E-state index is 10.3. The van der Waals surface area contributed by atoms with Crippen LogP contribution in [0.1, 0.15) is 0 Å². The smallest absolute Gasteiger partial charge is 0.267 e. The van der Waals surface area contributed by atoms with Crippen molar-refractivity contribution in [3.05, 3.63) is 0 Å². The summed E-state index contributed by atoms with van der Waals surface area (Å²) >= 11 is 0. The molecule has 0 bridgehead atoms. The Kier molecular flexibility index (Phi) is 3.59. The molecule has 6 nitrogen and oxygen atoms in total. The maximum Gasteiger partial charge on any atom is 0.267 e. The van der Waals surface area contributed by atoms with E-state index in [2.05, 4.69) is 0 Å². The Hall–Kier alpha value is -0.500. The quantitative estimate of drug-likeness (QED) is 0.427. The summed E-state index contributed by atoms with van der Waals surface area (Å²) in [5.41, 5.74) is 0. The maximum absolute atomic E-state index is 10.3. The van der Waals surface area contributed by atoms with Gasteiger partial charge in [0.25, 0.3) is 10.1 Å². The number of aliphatic hydroxyl groups excluding tert-OH is 2. The van der Waals surface area contributed by atoms with Crippen LogP contribution in [0.25, 0.3) is 0 Å². The minimum Gasteiger partial charge on any atom is -0.388 e. The van der Waals surface area contributed by atoms with Gasteiger partial charge in [-0.3, -0.25) is 9.35 Å². The van der Waals surface area contributed by atoms with Crippen molar-refractivity contribution in [3.8, 4) is 0 Å². The lowest BCUT2D eigenvalue weighted by Crippen LogP contribution is -2.30. The summed E-state index contributed by atoms with van der Waals surface area (Å²) in [4.78, 5) is 10.3. The number of ketones is 1. The second-order valence-corrected chi connectivity index (χ2v) is 3.39. The first-order valence-electron chi connectivity index (χ1n) is 2.63. The minimum atomic E-state index is -4.36. The molecule has 0 heterocycles. The summed E-state index contributed by atoms with van der Waals surface area (Å²) in [7, 11) is -4.36. The van der Waals surface area contributed by atoms with Crippen LogP contribution in [0.5, 0.6) is 0 Å². The van der Waals surface area contributed by atoms with Gasteiger partial charge in [-0.15, -0.1) is 0 Å². The van der Waals surface area contributed by atoms with E-state index in [-0.39, 0.29) is 0 Å². The Morgan fingerprint density at radius 2 is 1.91 bits per heavy atom. The van der Waals surface area contributed by atoms with Crippen LogP contribution in [-0.4, -0.2) is 47.4 Å². The molecular weight excluding hydrogens is 176 g/mol. The van der Waals surface area contributed by atoms with Crippen LogP contribution in [0.2, 0.25) is 0 Å². The third-order valence-electron chi connectivity index (χ3n) is 0.896. The van der Waals surface area contributed by atoms with E-state index in [4.69, 9.17) is 14.8 Å². The first-order valence-corrected chi connectivity index (χ1v) is 4.24. The summed E-state index contributed by atoms with van der Waals surface area (Å²) in [6.07, 6.45) is -1.85. The van der Waals surface area contributed by atoms with Crippen LogP contribution in [0.4, 0.5) is 0 Å². The molecule has 0 aliphatic rings. The van der Waals surface area contributed by atoms with Crippen molar-refractivity contribution in [2.75, 3.05) is 12.4 Å².